The first kappa shape index (κ1) is 42.9. The number of hydrogen-bond acceptors (Lipinski definition) is 11. The van der Waals surface area contributed by atoms with E-state index < -0.39 is 100.0 Å². The van der Waals surface area contributed by atoms with Gasteiger partial charge in [0.2, 0.25) is 0 Å². The summed E-state index contributed by atoms with van der Waals surface area (Å²) in [5, 5.41) is 1.27. The van der Waals surface area contributed by atoms with E-state index in [1.807, 2.05) is 12.1 Å². The van der Waals surface area contributed by atoms with Crippen LogP contribution in [-0.4, -0.2) is 84.4 Å². The lowest BCUT2D eigenvalue weighted by molar-refractivity contribution is -0.175. The van der Waals surface area contributed by atoms with Crippen LogP contribution in [0.5, 0.6) is 0 Å². The number of halogens is 4. The van der Waals surface area contributed by atoms with Gasteiger partial charge in [0, 0.05) is 11.8 Å². The fourth-order valence-corrected chi connectivity index (χ4v) is 6.28. The highest BCUT2D eigenvalue weighted by molar-refractivity contribution is 9.09. The zero-order valence-electron chi connectivity index (χ0n) is 28.8. The smallest absolute Gasteiger partial charge is 0.468 e. The van der Waals surface area contributed by atoms with E-state index in [1.165, 1.54) is 19.0 Å². The second-order valence-corrected chi connectivity index (χ2v) is 19.9. The van der Waals surface area contributed by atoms with E-state index >= 15 is 0 Å². The third-order valence-corrected chi connectivity index (χ3v) is 10.2. The van der Waals surface area contributed by atoms with E-state index in [4.69, 9.17) is 23.7 Å². The molecule has 0 amide bonds. The summed E-state index contributed by atoms with van der Waals surface area (Å²) in [5.74, 6) is -3.51. The summed E-state index contributed by atoms with van der Waals surface area (Å²) in [7, 11) is -0.432. The third kappa shape index (κ3) is 14.1. The molecule has 0 bridgehead atoms. The number of ether oxygens (including phenoxy) is 6. The van der Waals surface area contributed by atoms with Crippen LogP contribution in [0.1, 0.15) is 57.9 Å². The SMILES string of the molecule is COC(=O)C(C)(COC(C)=O)COC(=O)OCC(C)(COC(=O)C(C)(C)CC(Br)c1ccc([Si](C)(C)C)cc1)C(=O)OCCC(F)(F)F. The Morgan fingerprint density at radius 1 is 0.750 bits per heavy atom. The largest absolute Gasteiger partial charge is 0.508 e. The first-order valence-corrected chi connectivity index (χ1v) is 19.4. The average Bonchev–Trinajstić information content (AvgIpc) is 2.98. The van der Waals surface area contributed by atoms with Crippen molar-refractivity contribution in [2.24, 2.45) is 16.2 Å². The van der Waals surface area contributed by atoms with Crippen molar-refractivity contribution in [3.05, 3.63) is 29.8 Å². The number of esters is 4. The molecule has 0 aliphatic carbocycles. The van der Waals surface area contributed by atoms with Crippen LogP contribution in [0, 0.1) is 16.2 Å². The van der Waals surface area contributed by atoms with Crippen molar-refractivity contribution in [2.45, 2.75) is 78.1 Å². The molecule has 0 heterocycles. The van der Waals surface area contributed by atoms with Gasteiger partial charge in [0.1, 0.15) is 37.3 Å². The summed E-state index contributed by atoms with van der Waals surface area (Å²) in [4.78, 5) is 61.9. The molecular weight excluding hydrogens is 725 g/mol. The molecule has 0 spiro atoms. The van der Waals surface area contributed by atoms with E-state index in [9.17, 15) is 37.1 Å². The first-order valence-electron chi connectivity index (χ1n) is 15.0. The van der Waals surface area contributed by atoms with E-state index in [0.29, 0.717) is 6.42 Å². The zero-order valence-corrected chi connectivity index (χ0v) is 31.4. The van der Waals surface area contributed by atoms with Crippen molar-refractivity contribution >= 4 is 59.2 Å². The van der Waals surface area contributed by atoms with Gasteiger partial charge in [-0.25, -0.2) is 4.79 Å². The third-order valence-electron chi connectivity index (χ3n) is 7.30. The number of rotatable bonds is 17. The van der Waals surface area contributed by atoms with Crippen molar-refractivity contribution in [2.75, 3.05) is 40.1 Å². The Morgan fingerprint density at radius 3 is 1.69 bits per heavy atom. The zero-order chi connectivity index (χ0) is 37.1. The fourth-order valence-electron chi connectivity index (χ4n) is 4.00. The summed E-state index contributed by atoms with van der Waals surface area (Å²) in [6.45, 7) is 9.87. The molecule has 0 saturated carbocycles. The van der Waals surface area contributed by atoms with Crippen molar-refractivity contribution in [3.8, 4) is 0 Å². The van der Waals surface area contributed by atoms with Gasteiger partial charge >= 0.3 is 36.2 Å². The van der Waals surface area contributed by atoms with Crippen LogP contribution in [0.25, 0.3) is 0 Å². The summed E-state index contributed by atoms with van der Waals surface area (Å²) >= 11 is 3.64. The number of hydrogen-bond donors (Lipinski definition) is 0. The summed E-state index contributed by atoms with van der Waals surface area (Å²) in [5.41, 5.74) is -3.70. The van der Waals surface area contributed by atoms with Crippen molar-refractivity contribution in [1.29, 1.82) is 0 Å². The van der Waals surface area contributed by atoms with Gasteiger partial charge in [0.25, 0.3) is 0 Å². The Hall–Kier alpha value is -3.14. The van der Waals surface area contributed by atoms with Gasteiger partial charge in [-0.2, -0.15) is 13.2 Å². The predicted molar refractivity (Wildman–Crippen MR) is 174 cm³/mol. The minimum absolute atomic E-state index is 0.232. The Labute approximate surface area is 288 Å². The van der Waals surface area contributed by atoms with Gasteiger partial charge < -0.3 is 28.4 Å². The van der Waals surface area contributed by atoms with Gasteiger partial charge in [0.15, 0.2) is 0 Å². The normalized spacial score (nSPS) is 15.2. The molecule has 1 aromatic carbocycles. The van der Waals surface area contributed by atoms with E-state index in [1.54, 1.807) is 13.8 Å². The quantitative estimate of drug-likeness (QED) is 0.0795. The molecule has 3 unspecified atom stereocenters. The Balaban J connectivity index is 3.02. The minimum Gasteiger partial charge on any atom is -0.468 e. The van der Waals surface area contributed by atoms with E-state index in [-0.39, 0.29) is 4.83 Å². The molecule has 1 aromatic rings. The molecule has 1 rings (SSSR count). The second kappa shape index (κ2) is 17.5. The Kier molecular flexibility index (Phi) is 15.6. The minimum atomic E-state index is -4.60. The van der Waals surface area contributed by atoms with Crippen LogP contribution in [0.3, 0.4) is 0 Å². The van der Waals surface area contributed by atoms with E-state index in [2.05, 4.69) is 52.4 Å². The van der Waals surface area contributed by atoms with Crippen molar-refractivity contribution in [3.63, 3.8) is 0 Å². The molecule has 0 aliphatic rings. The first-order chi connectivity index (χ1) is 21.8. The predicted octanol–water partition coefficient (Wildman–Crippen LogP) is 6.02. The summed E-state index contributed by atoms with van der Waals surface area (Å²) < 4.78 is 67.9. The molecule has 0 fully saturated rings. The highest BCUT2D eigenvalue weighted by Gasteiger charge is 2.43. The molecule has 0 radical (unpaired) electrons. The maximum atomic E-state index is 13.2. The van der Waals surface area contributed by atoms with Gasteiger partial charge in [-0.3, -0.25) is 19.2 Å². The van der Waals surface area contributed by atoms with Crippen molar-refractivity contribution < 1.29 is 65.6 Å². The average molecular weight is 772 g/mol. The fraction of sp³-hybridized carbons (Fsp3) is 0.656. The number of carbonyl (C=O) groups is 5. The van der Waals surface area contributed by atoms with Crippen LogP contribution < -0.4 is 5.19 Å². The number of carbonyl (C=O) groups excluding carboxylic acids is 5. The van der Waals surface area contributed by atoms with Gasteiger partial charge in [-0.1, -0.05) is 65.0 Å². The van der Waals surface area contributed by atoms with Gasteiger partial charge in [-0.15, -0.1) is 0 Å². The highest BCUT2D eigenvalue weighted by Crippen LogP contribution is 2.37. The lowest BCUT2D eigenvalue weighted by Gasteiger charge is -2.30. The molecule has 48 heavy (non-hydrogen) atoms. The van der Waals surface area contributed by atoms with Crippen molar-refractivity contribution in [1.82, 2.24) is 0 Å². The van der Waals surface area contributed by atoms with Gasteiger partial charge in [-0.05, 0) is 39.7 Å². The van der Waals surface area contributed by atoms with Crippen LogP contribution in [0.15, 0.2) is 24.3 Å². The van der Waals surface area contributed by atoms with Crippen LogP contribution >= 0.6 is 15.9 Å². The molecule has 11 nitrogen and oxygen atoms in total. The number of alkyl halides is 4. The molecule has 0 saturated heterocycles. The monoisotopic (exact) mass is 770 g/mol. The summed E-state index contributed by atoms with van der Waals surface area (Å²) in [6.07, 6.45) is -7.12. The van der Waals surface area contributed by atoms with Gasteiger partial charge in [0.05, 0.1) is 33.6 Å². The summed E-state index contributed by atoms with van der Waals surface area (Å²) in [6, 6.07) is 8.11. The topological polar surface area (TPSA) is 141 Å². The standard InChI is InChI=1S/C32H46BrF3O11Si/c1-21(37)44-17-30(4,26(39)42-6)19-46-28(41)47-20-31(5,27(40)43-15-14-32(34,35)36)18-45-25(38)29(2,3)16-24(33)22-10-12-23(13-11-22)48(7,8)9/h10-13,24H,14-20H2,1-9H3. The molecule has 3 atom stereocenters. The van der Waals surface area contributed by atoms with Crippen LogP contribution in [0.4, 0.5) is 18.0 Å². The maximum Gasteiger partial charge on any atom is 0.508 e. The molecule has 0 aliphatic heterocycles. The lowest BCUT2D eigenvalue weighted by atomic mass is 9.86. The lowest BCUT2D eigenvalue weighted by Crippen LogP contribution is -2.43. The maximum absolute atomic E-state index is 13.2. The van der Waals surface area contributed by atoms with Crippen LogP contribution in [-0.2, 0) is 47.6 Å². The number of benzene rings is 1. The Morgan fingerprint density at radius 2 is 1.23 bits per heavy atom. The molecule has 16 heteroatoms. The van der Waals surface area contributed by atoms with E-state index in [0.717, 1.165) is 19.6 Å². The molecule has 272 valence electrons. The molecule has 0 aromatic heterocycles. The highest BCUT2D eigenvalue weighted by atomic mass is 79.9. The Bertz CT molecular complexity index is 1280. The van der Waals surface area contributed by atoms with Crippen LogP contribution in [0.2, 0.25) is 19.6 Å². The molecule has 0 N–H and O–H groups in total. The second-order valence-electron chi connectivity index (χ2n) is 13.7. The number of methoxy groups -OCH3 is 1. The molecular formula is C32H46BrF3O11Si.